The van der Waals surface area contributed by atoms with Crippen LogP contribution in [0.1, 0.15) is 35.2 Å². The Morgan fingerprint density at radius 2 is 2.03 bits per heavy atom. The number of nitrogens with two attached hydrogens (primary N) is 1. The zero-order valence-electron chi connectivity index (χ0n) is 21.3. The van der Waals surface area contributed by atoms with Crippen LogP contribution in [-0.2, 0) is 25.8 Å². The van der Waals surface area contributed by atoms with Gasteiger partial charge in [-0.05, 0) is 31.4 Å². The highest BCUT2D eigenvalue weighted by Crippen LogP contribution is 2.37. The summed E-state index contributed by atoms with van der Waals surface area (Å²) in [5.74, 6) is -2.37. The highest BCUT2D eigenvalue weighted by Gasteiger charge is 2.55. The average molecular weight is 548 g/mol. The van der Waals surface area contributed by atoms with Gasteiger partial charge in [0, 0.05) is 23.4 Å². The topological polar surface area (TPSA) is 151 Å². The van der Waals surface area contributed by atoms with Crippen molar-refractivity contribution in [2.75, 3.05) is 5.73 Å². The molecule has 4 N–H and O–H groups in total. The number of oxime groups is 1. The van der Waals surface area contributed by atoms with Gasteiger partial charge >= 0.3 is 5.97 Å². The van der Waals surface area contributed by atoms with Crippen LogP contribution in [0.25, 0.3) is 5.70 Å². The molecule has 2 amide bonds. The minimum Gasteiger partial charge on any atom is -0.476 e. The number of nitrogens with zero attached hydrogens (tertiary/aromatic N) is 4. The molecule has 2 aliphatic rings. The zero-order valence-corrected chi connectivity index (χ0v) is 22.1. The van der Waals surface area contributed by atoms with Crippen molar-refractivity contribution in [3.05, 3.63) is 82.3 Å². The third-order valence-electron chi connectivity index (χ3n) is 6.86. The summed E-state index contributed by atoms with van der Waals surface area (Å²) in [5, 5.41) is 18.6. The molecule has 4 heterocycles. The Kier molecular flexibility index (Phi) is 7.11. The van der Waals surface area contributed by atoms with Gasteiger partial charge in [-0.2, -0.15) is 4.57 Å². The molecule has 0 saturated carbocycles. The van der Waals surface area contributed by atoms with Gasteiger partial charge in [0.2, 0.25) is 5.70 Å². The number of carboxylic acid groups (broad SMARTS) is 1. The number of thiazole rings is 1. The molecule has 5 rings (SSSR count). The third kappa shape index (κ3) is 5.10. The van der Waals surface area contributed by atoms with Gasteiger partial charge in [-0.3, -0.25) is 14.5 Å². The number of anilines is 1. The molecule has 2 aromatic heterocycles. The van der Waals surface area contributed by atoms with Crippen LogP contribution < -0.4 is 15.6 Å². The molecule has 1 aromatic carbocycles. The Bertz CT molecular complexity index is 1520. The van der Waals surface area contributed by atoms with Crippen LogP contribution in [0, 0.1) is 13.8 Å². The number of fused-ring (bicyclic) bond motifs is 1. The van der Waals surface area contributed by atoms with E-state index >= 15 is 0 Å². The molecule has 0 radical (unpaired) electrons. The number of carbonyl (C=O) groups excluding carboxylic acids is 2. The Hall–Kier alpha value is -4.58. The van der Waals surface area contributed by atoms with Crippen LogP contribution >= 0.6 is 11.3 Å². The molecule has 2 atom stereocenters. The van der Waals surface area contributed by atoms with Gasteiger partial charge in [0.15, 0.2) is 28.9 Å². The Morgan fingerprint density at radius 1 is 1.26 bits per heavy atom. The molecule has 1 saturated heterocycles. The number of hydrogen-bond acceptors (Lipinski definition) is 8. The molecule has 11 nitrogen and oxygen atoms in total. The first-order valence-electron chi connectivity index (χ1n) is 12.3. The van der Waals surface area contributed by atoms with Gasteiger partial charge in [0.25, 0.3) is 11.8 Å². The molecule has 1 fully saturated rings. The largest absolute Gasteiger partial charge is 0.476 e. The highest BCUT2D eigenvalue weighted by atomic mass is 32.1. The van der Waals surface area contributed by atoms with Crippen LogP contribution in [0.15, 0.2) is 65.0 Å². The lowest BCUT2D eigenvalue weighted by Crippen LogP contribution is -2.72. The average Bonchev–Trinajstić information content (AvgIpc) is 3.36. The number of aliphatic carboxylic acids is 1. The summed E-state index contributed by atoms with van der Waals surface area (Å²) in [5.41, 5.74) is 9.23. The van der Waals surface area contributed by atoms with Crippen molar-refractivity contribution in [2.45, 2.75) is 45.4 Å². The van der Waals surface area contributed by atoms with Gasteiger partial charge in [-0.15, -0.1) is 11.3 Å². The number of benzene rings is 1. The number of carbonyl (C=O) groups is 3. The summed E-state index contributed by atoms with van der Waals surface area (Å²) in [6, 6.07) is 9.81. The standard InChI is InChI=1S/C27H26N6O5S/c1-15-10-11-32(12-16(15)2)20-9-8-19-22(25(35)33(19)23(20)26(36)37)30-24(34)21(18-14-39-27(28)29-18)31-38-13-17-6-4-3-5-7-17/h3-7,10-12,14,19,22H,8-9,13H2,1-2H3,(H3-,28,29,30,34,36,37)/p+1/b31-21+/t19-,22+/m1/s1. The fraction of sp³-hybridized carbons (Fsp3) is 0.259. The molecule has 0 spiro atoms. The Labute approximate surface area is 228 Å². The summed E-state index contributed by atoms with van der Waals surface area (Å²) in [6.07, 6.45) is 4.54. The van der Waals surface area contributed by atoms with Crippen molar-refractivity contribution < 1.29 is 28.9 Å². The number of nitrogens with one attached hydrogen (secondary N) is 1. The van der Waals surface area contributed by atoms with Gasteiger partial charge in [0.05, 0.1) is 6.04 Å². The van der Waals surface area contributed by atoms with Gasteiger partial charge in [-0.25, -0.2) is 9.78 Å². The molecule has 2 aliphatic heterocycles. The first-order chi connectivity index (χ1) is 18.7. The second kappa shape index (κ2) is 10.7. The number of hydrogen-bond donors (Lipinski definition) is 3. The van der Waals surface area contributed by atoms with E-state index in [0.717, 1.165) is 28.0 Å². The summed E-state index contributed by atoms with van der Waals surface area (Å²) in [4.78, 5) is 49.6. The summed E-state index contributed by atoms with van der Waals surface area (Å²) in [6.45, 7) is 4.04. The van der Waals surface area contributed by atoms with Crippen LogP contribution in [0.3, 0.4) is 0 Å². The quantitative estimate of drug-likeness (QED) is 0.169. The monoisotopic (exact) mass is 547 g/mol. The lowest BCUT2D eigenvalue weighted by atomic mass is 9.85. The molecule has 3 aromatic rings. The van der Waals surface area contributed by atoms with E-state index in [1.165, 1.54) is 4.90 Å². The van der Waals surface area contributed by atoms with Crippen molar-refractivity contribution in [1.82, 2.24) is 15.2 Å². The maximum Gasteiger partial charge on any atom is 0.359 e. The van der Waals surface area contributed by atoms with Crippen molar-refractivity contribution >= 4 is 45.7 Å². The Balaban J connectivity index is 1.36. The van der Waals surface area contributed by atoms with Gasteiger partial charge in [-0.1, -0.05) is 35.5 Å². The summed E-state index contributed by atoms with van der Waals surface area (Å²) >= 11 is 1.14. The molecule has 0 aliphatic carbocycles. The van der Waals surface area contributed by atoms with E-state index in [0.29, 0.717) is 18.5 Å². The van der Waals surface area contributed by atoms with Crippen LogP contribution in [0.5, 0.6) is 0 Å². The van der Waals surface area contributed by atoms with E-state index in [2.05, 4.69) is 15.5 Å². The molecular formula is C27H27N6O5S+. The predicted octanol–water partition coefficient (Wildman–Crippen LogP) is 1.99. The number of β-lactam (4-membered cyclic amide) rings is 1. The first-order valence-corrected chi connectivity index (χ1v) is 13.2. The van der Waals surface area contributed by atoms with E-state index in [1.54, 1.807) is 16.1 Å². The summed E-state index contributed by atoms with van der Waals surface area (Å²) in [7, 11) is 0. The smallest absolute Gasteiger partial charge is 0.359 e. The second-order valence-electron chi connectivity index (χ2n) is 9.35. The molecule has 39 heavy (non-hydrogen) atoms. The van der Waals surface area contributed by atoms with Crippen LogP contribution in [-0.4, -0.2) is 50.6 Å². The van der Waals surface area contributed by atoms with Gasteiger partial charge < -0.3 is 21.0 Å². The van der Waals surface area contributed by atoms with E-state index in [9.17, 15) is 19.5 Å². The number of pyridine rings is 1. The van der Waals surface area contributed by atoms with E-state index < -0.39 is 29.9 Å². The lowest BCUT2D eigenvalue weighted by Gasteiger charge is -2.48. The van der Waals surface area contributed by atoms with Crippen molar-refractivity contribution in [3.63, 3.8) is 0 Å². The van der Waals surface area contributed by atoms with E-state index in [-0.39, 0.29) is 28.8 Å². The number of allylic oxidation sites excluding steroid dienone is 1. The number of aromatic nitrogens is 2. The van der Waals surface area contributed by atoms with Crippen molar-refractivity contribution in [3.8, 4) is 0 Å². The fourth-order valence-electron chi connectivity index (χ4n) is 4.70. The maximum atomic E-state index is 13.3. The van der Waals surface area contributed by atoms with Gasteiger partial charge in [0.1, 0.15) is 18.3 Å². The molecule has 200 valence electrons. The molecular weight excluding hydrogens is 520 g/mol. The third-order valence-corrected chi connectivity index (χ3v) is 7.54. The second-order valence-corrected chi connectivity index (χ2v) is 10.2. The van der Waals surface area contributed by atoms with E-state index in [4.69, 9.17) is 10.6 Å². The fourth-order valence-corrected chi connectivity index (χ4v) is 5.24. The Morgan fingerprint density at radius 3 is 2.69 bits per heavy atom. The van der Waals surface area contributed by atoms with Crippen molar-refractivity contribution in [2.24, 2.45) is 5.16 Å². The number of carboxylic acids is 1. The van der Waals surface area contributed by atoms with Crippen LogP contribution in [0.2, 0.25) is 0 Å². The number of aryl methyl sites for hydroxylation is 2. The van der Waals surface area contributed by atoms with E-state index in [1.807, 2.05) is 56.4 Å². The molecule has 0 bridgehead atoms. The minimum absolute atomic E-state index is 0.0811. The molecule has 12 heteroatoms. The van der Waals surface area contributed by atoms with Crippen molar-refractivity contribution in [1.29, 1.82) is 0 Å². The lowest BCUT2D eigenvalue weighted by molar-refractivity contribution is -0.585. The number of rotatable bonds is 8. The minimum atomic E-state index is -1.20. The summed E-state index contributed by atoms with van der Waals surface area (Å²) < 4.78 is 1.75. The SMILES string of the molecule is Cc1cc[n+](C2=C(C(=O)O)N3C(=O)[C@@H](NC(=O)/C(=N/OCc4ccccc4)c4csc(N)n4)[C@H]3CC2)cc1C. The number of nitrogen functional groups attached to an aromatic ring is 1. The molecule has 0 unspecified atom stereocenters. The maximum absolute atomic E-state index is 13.3. The normalized spacial score (nSPS) is 18.9. The first kappa shape index (κ1) is 26.0. The number of amides is 2. The zero-order chi connectivity index (χ0) is 27.7. The highest BCUT2D eigenvalue weighted by molar-refractivity contribution is 7.13. The predicted molar refractivity (Wildman–Crippen MR) is 143 cm³/mol. The van der Waals surface area contributed by atoms with Crippen LogP contribution in [0.4, 0.5) is 5.13 Å².